The van der Waals surface area contributed by atoms with Crippen LogP contribution in [0.4, 0.5) is 0 Å². The number of ketones is 1. The third-order valence-corrected chi connectivity index (χ3v) is 10.9. The zero-order chi connectivity index (χ0) is 18.3. The maximum absolute atomic E-state index is 12.2. The van der Waals surface area contributed by atoms with Crippen molar-refractivity contribution < 1.29 is 14.3 Å². The average Bonchev–Trinajstić information content (AvgIpc) is 3.53. The molecule has 1 spiro atoms. The minimum absolute atomic E-state index is 0.0561. The Morgan fingerprint density at radius 3 is 2.63 bits per heavy atom. The molecule has 0 N–H and O–H groups in total. The van der Waals surface area contributed by atoms with Gasteiger partial charge in [-0.2, -0.15) is 0 Å². The molecule has 1 aliphatic heterocycles. The maximum Gasteiger partial charge on any atom is 0.306 e. The lowest BCUT2D eigenvalue weighted by Gasteiger charge is -2.60. The van der Waals surface area contributed by atoms with Crippen molar-refractivity contribution in [1.82, 2.24) is 0 Å². The van der Waals surface area contributed by atoms with Crippen LogP contribution in [0.2, 0.25) is 0 Å². The molecule has 2 unspecified atom stereocenters. The number of rotatable bonds is 0. The zero-order valence-electron chi connectivity index (χ0n) is 16.5. The van der Waals surface area contributed by atoms with Crippen LogP contribution in [0.5, 0.6) is 0 Å². The Hall–Kier alpha value is -1.12. The summed E-state index contributed by atoms with van der Waals surface area (Å²) in [5, 5.41) is 0. The van der Waals surface area contributed by atoms with Crippen molar-refractivity contribution in [3.63, 3.8) is 0 Å². The van der Waals surface area contributed by atoms with E-state index in [1.807, 2.05) is 0 Å². The number of hydrogen-bond donors (Lipinski definition) is 0. The Morgan fingerprint density at radius 2 is 1.85 bits per heavy atom. The highest BCUT2D eigenvalue weighted by Gasteiger charge is 2.81. The molecule has 7 aliphatic rings. The predicted molar refractivity (Wildman–Crippen MR) is 99.5 cm³/mol. The second-order valence-electron chi connectivity index (χ2n) is 11.5. The largest absolute Gasteiger partial charge is 0.458 e. The van der Waals surface area contributed by atoms with E-state index in [0.29, 0.717) is 24.0 Å². The quantitative estimate of drug-likeness (QED) is 0.600. The van der Waals surface area contributed by atoms with E-state index in [4.69, 9.17) is 4.74 Å². The summed E-state index contributed by atoms with van der Waals surface area (Å²) < 4.78 is 6.22. The SMILES string of the molecule is C[C@]12CCC(=O)C=C1[C@@H]1C[C@@H]1C1C2CC[C@@]2(C)[C@@H]1[C@@H]1C[C@@H]1[C@@]21CCC(=O)O1. The lowest BCUT2D eigenvalue weighted by molar-refractivity contribution is -0.177. The number of fused-ring (bicyclic) bond motifs is 12. The third kappa shape index (κ3) is 1.58. The highest BCUT2D eigenvalue weighted by atomic mass is 16.6. The zero-order valence-corrected chi connectivity index (χ0v) is 16.5. The van der Waals surface area contributed by atoms with Gasteiger partial charge in [-0.15, -0.1) is 0 Å². The van der Waals surface area contributed by atoms with E-state index >= 15 is 0 Å². The van der Waals surface area contributed by atoms with Crippen LogP contribution in [-0.2, 0) is 14.3 Å². The van der Waals surface area contributed by atoms with Crippen molar-refractivity contribution in [2.45, 2.75) is 70.8 Å². The number of ether oxygens (including phenoxy) is 1. The first-order valence-corrected chi connectivity index (χ1v) is 11.4. The van der Waals surface area contributed by atoms with E-state index in [9.17, 15) is 9.59 Å². The van der Waals surface area contributed by atoms with E-state index in [2.05, 4.69) is 19.9 Å². The van der Waals surface area contributed by atoms with Gasteiger partial charge in [0.2, 0.25) is 0 Å². The highest BCUT2D eigenvalue weighted by molar-refractivity contribution is 5.92. The Bertz CT molecular complexity index is 827. The molecule has 0 amide bonds. The number of hydrogen-bond acceptors (Lipinski definition) is 3. The molecule has 0 aromatic carbocycles. The molecule has 6 aliphatic carbocycles. The Labute approximate surface area is 161 Å². The van der Waals surface area contributed by atoms with Gasteiger partial charge in [0.25, 0.3) is 0 Å². The fraction of sp³-hybridized carbons (Fsp3) is 0.833. The number of carbonyl (C=O) groups excluding carboxylic acids is 2. The van der Waals surface area contributed by atoms with Gasteiger partial charge < -0.3 is 4.74 Å². The van der Waals surface area contributed by atoms with Gasteiger partial charge in [0.15, 0.2) is 5.78 Å². The molecule has 0 aromatic rings. The van der Waals surface area contributed by atoms with E-state index in [0.717, 1.165) is 48.9 Å². The monoisotopic (exact) mass is 366 g/mol. The fourth-order valence-electron chi connectivity index (χ4n) is 9.74. The Kier molecular flexibility index (Phi) is 2.56. The van der Waals surface area contributed by atoms with Gasteiger partial charge in [-0.05, 0) is 85.5 Å². The number of carbonyl (C=O) groups is 2. The summed E-state index contributed by atoms with van der Waals surface area (Å²) >= 11 is 0. The Balaban J connectivity index is 1.33. The van der Waals surface area contributed by atoms with Crippen LogP contribution in [0.3, 0.4) is 0 Å². The van der Waals surface area contributed by atoms with Gasteiger partial charge in [0.1, 0.15) is 5.60 Å². The molecule has 3 nitrogen and oxygen atoms in total. The summed E-state index contributed by atoms with van der Waals surface area (Å²) in [6.45, 7) is 4.99. The summed E-state index contributed by atoms with van der Waals surface area (Å²) in [4.78, 5) is 24.3. The van der Waals surface area contributed by atoms with E-state index in [-0.39, 0.29) is 22.4 Å². The smallest absolute Gasteiger partial charge is 0.306 e. The Morgan fingerprint density at radius 1 is 1.00 bits per heavy atom. The van der Waals surface area contributed by atoms with Gasteiger partial charge in [-0.3, -0.25) is 9.59 Å². The summed E-state index contributed by atoms with van der Waals surface area (Å²) in [5.41, 5.74) is 1.85. The molecule has 3 heteroatoms. The van der Waals surface area contributed by atoms with Crippen LogP contribution < -0.4 is 0 Å². The number of esters is 1. The minimum atomic E-state index is -0.131. The topological polar surface area (TPSA) is 43.4 Å². The molecule has 0 radical (unpaired) electrons. The van der Waals surface area contributed by atoms with Crippen molar-refractivity contribution >= 4 is 11.8 Å². The third-order valence-electron chi connectivity index (χ3n) is 10.9. The van der Waals surface area contributed by atoms with Gasteiger partial charge in [0, 0.05) is 24.2 Å². The van der Waals surface area contributed by atoms with Crippen LogP contribution in [0.15, 0.2) is 11.6 Å². The van der Waals surface area contributed by atoms with Gasteiger partial charge >= 0.3 is 5.97 Å². The van der Waals surface area contributed by atoms with Crippen LogP contribution in [0.25, 0.3) is 0 Å². The van der Waals surface area contributed by atoms with Crippen LogP contribution in [0.1, 0.15) is 65.2 Å². The summed E-state index contributed by atoms with van der Waals surface area (Å²) in [6, 6.07) is 0. The summed E-state index contributed by atoms with van der Waals surface area (Å²) in [7, 11) is 0. The van der Waals surface area contributed by atoms with Gasteiger partial charge in [0.05, 0.1) is 0 Å². The van der Waals surface area contributed by atoms with E-state index in [1.54, 1.807) is 0 Å². The molecule has 27 heavy (non-hydrogen) atoms. The fourth-order valence-corrected chi connectivity index (χ4v) is 9.74. The van der Waals surface area contributed by atoms with Gasteiger partial charge in [-0.25, -0.2) is 0 Å². The molecule has 144 valence electrons. The molecule has 1 saturated heterocycles. The lowest BCUT2D eigenvalue weighted by Crippen LogP contribution is -2.57. The summed E-state index contributed by atoms with van der Waals surface area (Å²) in [5.74, 6) is 5.65. The van der Waals surface area contributed by atoms with Crippen molar-refractivity contribution in [2.24, 2.45) is 52.3 Å². The molecule has 7 rings (SSSR count). The predicted octanol–water partition coefficient (Wildman–Crippen LogP) is 4.31. The first kappa shape index (κ1) is 15.8. The molecule has 6 fully saturated rings. The first-order chi connectivity index (χ1) is 12.9. The van der Waals surface area contributed by atoms with Crippen LogP contribution >= 0.6 is 0 Å². The molecule has 0 bridgehead atoms. The maximum atomic E-state index is 12.2. The minimum Gasteiger partial charge on any atom is -0.458 e. The molecular formula is C24H30O3. The normalized spacial score (nSPS) is 62.0. The number of allylic oxidation sites excluding steroid dienone is 1. The second kappa shape index (κ2) is 4.39. The molecule has 5 saturated carbocycles. The second-order valence-corrected chi connectivity index (χ2v) is 11.5. The average molecular weight is 367 g/mol. The lowest BCUT2D eigenvalue weighted by atomic mass is 9.45. The molecule has 0 aromatic heterocycles. The first-order valence-electron chi connectivity index (χ1n) is 11.4. The van der Waals surface area contributed by atoms with Crippen molar-refractivity contribution in [3.8, 4) is 0 Å². The van der Waals surface area contributed by atoms with Crippen molar-refractivity contribution in [2.75, 3.05) is 0 Å². The van der Waals surface area contributed by atoms with Crippen molar-refractivity contribution in [1.29, 1.82) is 0 Å². The molecule has 10 atom stereocenters. The standard InChI is InChI=1S/C24H30O3/c1-22-6-3-12(25)9-17(22)13-10-14(13)20-16(22)4-7-23(2)21(20)15-11-18(15)24(23)8-5-19(26)27-24/h9,13-16,18,20-21H,3-8,10-11H2,1-2H3/t13-,14+,15-,16?,18+,20?,21-,22-,23+,24+/m1/s1. The van der Waals surface area contributed by atoms with Crippen LogP contribution in [-0.4, -0.2) is 17.4 Å². The highest BCUT2D eigenvalue weighted by Crippen LogP contribution is 2.82. The summed E-state index contributed by atoms with van der Waals surface area (Å²) in [6.07, 6.45) is 10.6. The van der Waals surface area contributed by atoms with E-state index < -0.39 is 0 Å². The van der Waals surface area contributed by atoms with Crippen LogP contribution in [0, 0.1) is 52.3 Å². The van der Waals surface area contributed by atoms with Gasteiger partial charge in [-0.1, -0.05) is 19.4 Å². The van der Waals surface area contributed by atoms with E-state index in [1.165, 1.54) is 31.3 Å². The molecular weight excluding hydrogens is 336 g/mol. The molecule has 1 heterocycles. The van der Waals surface area contributed by atoms with Crippen molar-refractivity contribution in [3.05, 3.63) is 11.6 Å².